The highest BCUT2D eigenvalue weighted by atomic mass is 35.5. The lowest BCUT2D eigenvalue weighted by Gasteiger charge is -1.96. The molecule has 0 heterocycles. The first kappa shape index (κ1) is 5.01. The van der Waals surface area contributed by atoms with E-state index < -0.39 is 34.7 Å². The maximum Gasteiger partial charge on any atom is 0.337 e. The molecule has 1 aromatic carbocycles. The molecule has 1 aromatic rings. The molecule has 0 fully saturated rings. The van der Waals surface area contributed by atoms with Gasteiger partial charge in [-0.25, -0.2) is 4.79 Å². The molecule has 0 amide bonds. The lowest BCUT2D eigenvalue weighted by atomic mass is 10.2. The van der Waals surface area contributed by atoms with Crippen LogP contribution in [0.1, 0.15) is 14.5 Å². The second kappa shape index (κ2) is 3.11. The molecule has 0 saturated carbocycles. The van der Waals surface area contributed by atoms with Gasteiger partial charge in [-0.05, 0) is 18.1 Å². The summed E-state index contributed by atoms with van der Waals surface area (Å²) in [6.07, 6.45) is 0. The molecular formula is C7H4Cl2O2. The van der Waals surface area contributed by atoms with Crippen LogP contribution < -0.4 is 0 Å². The van der Waals surface area contributed by atoms with E-state index in [4.69, 9.17) is 32.4 Å². The summed E-state index contributed by atoms with van der Waals surface area (Å²) in [5, 5.41) is 7.94. The summed E-state index contributed by atoms with van der Waals surface area (Å²) in [5.74, 6) is -1.45. The average molecular weight is 194 g/mol. The van der Waals surface area contributed by atoms with E-state index in [1.165, 1.54) is 0 Å². The first-order chi connectivity index (χ1) is 6.37. The SMILES string of the molecule is [2H]c1c([2H])c(C(=O)O)c(Cl)c([2H])c1Cl. The van der Waals surface area contributed by atoms with Crippen molar-refractivity contribution in [3.05, 3.63) is 33.7 Å². The molecule has 58 valence electrons. The van der Waals surface area contributed by atoms with Gasteiger partial charge in [0.05, 0.1) is 14.7 Å². The fourth-order valence-electron chi connectivity index (χ4n) is 0.510. The van der Waals surface area contributed by atoms with Gasteiger partial charge in [0.15, 0.2) is 0 Å². The zero-order valence-corrected chi connectivity index (χ0v) is 6.62. The number of hydrogen-bond acceptors (Lipinski definition) is 1. The third kappa shape index (κ3) is 1.85. The first-order valence-corrected chi connectivity index (χ1v) is 3.31. The van der Waals surface area contributed by atoms with Crippen molar-refractivity contribution in [2.75, 3.05) is 0 Å². The molecule has 0 saturated heterocycles. The van der Waals surface area contributed by atoms with E-state index in [-0.39, 0.29) is 5.02 Å². The standard InChI is InChI=1S/C7H4Cl2O2/c8-4-1-2-5(7(10)11)6(9)3-4/h1-3H,(H,10,11)/i1D,2D,3D. The van der Waals surface area contributed by atoms with E-state index in [0.29, 0.717) is 0 Å². The van der Waals surface area contributed by atoms with Crippen LogP contribution in [-0.4, -0.2) is 11.1 Å². The minimum Gasteiger partial charge on any atom is -0.478 e. The van der Waals surface area contributed by atoms with Crippen LogP contribution in [0.5, 0.6) is 0 Å². The Morgan fingerprint density at radius 1 is 1.55 bits per heavy atom. The molecule has 0 atom stereocenters. The Morgan fingerprint density at radius 2 is 2.18 bits per heavy atom. The summed E-state index contributed by atoms with van der Waals surface area (Å²) in [4.78, 5) is 10.6. The summed E-state index contributed by atoms with van der Waals surface area (Å²) in [5.41, 5.74) is -0.564. The van der Waals surface area contributed by atoms with Crippen molar-refractivity contribution in [1.82, 2.24) is 0 Å². The minimum atomic E-state index is -1.45. The summed E-state index contributed by atoms with van der Waals surface area (Å²) >= 11 is 11.0. The molecule has 11 heavy (non-hydrogen) atoms. The lowest BCUT2D eigenvalue weighted by Crippen LogP contribution is -1.96. The fourth-order valence-corrected chi connectivity index (χ4v) is 0.922. The molecule has 0 aliphatic heterocycles. The van der Waals surface area contributed by atoms with E-state index in [1.807, 2.05) is 0 Å². The van der Waals surface area contributed by atoms with Crippen molar-refractivity contribution in [1.29, 1.82) is 0 Å². The van der Waals surface area contributed by atoms with Crippen molar-refractivity contribution >= 4 is 29.2 Å². The highest BCUT2D eigenvalue weighted by molar-refractivity contribution is 6.36. The summed E-state index contributed by atoms with van der Waals surface area (Å²) in [6, 6.07) is -1.52. The number of carboxylic acids is 1. The molecular weight excluding hydrogens is 187 g/mol. The number of halogens is 2. The largest absolute Gasteiger partial charge is 0.478 e. The normalized spacial score (nSPS) is 13.5. The van der Waals surface area contributed by atoms with Gasteiger partial charge in [0.2, 0.25) is 0 Å². The first-order valence-electron chi connectivity index (χ1n) is 4.06. The number of carboxylic acid groups (broad SMARTS) is 1. The molecule has 1 N–H and O–H groups in total. The second-order valence-corrected chi connectivity index (χ2v) is 2.44. The highest BCUT2D eigenvalue weighted by Crippen LogP contribution is 2.20. The van der Waals surface area contributed by atoms with E-state index >= 15 is 0 Å². The predicted molar refractivity (Wildman–Crippen MR) is 43.4 cm³/mol. The highest BCUT2D eigenvalue weighted by Gasteiger charge is 2.07. The van der Waals surface area contributed by atoms with Crippen LogP contribution in [0.25, 0.3) is 0 Å². The number of benzene rings is 1. The van der Waals surface area contributed by atoms with E-state index in [9.17, 15) is 4.79 Å². The van der Waals surface area contributed by atoms with Gasteiger partial charge in [-0.15, -0.1) is 0 Å². The third-order valence-electron chi connectivity index (χ3n) is 0.950. The monoisotopic (exact) mass is 193 g/mol. The Bertz CT molecular complexity index is 391. The Morgan fingerprint density at radius 3 is 2.73 bits per heavy atom. The van der Waals surface area contributed by atoms with E-state index in [0.717, 1.165) is 0 Å². The van der Waals surface area contributed by atoms with Gasteiger partial charge < -0.3 is 5.11 Å². The predicted octanol–water partition coefficient (Wildman–Crippen LogP) is 2.69. The van der Waals surface area contributed by atoms with Crippen LogP contribution in [0.4, 0.5) is 0 Å². The van der Waals surface area contributed by atoms with Crippen molar-refractivity contribution in [2.45, 2.75) is 0 Å². The maximum atomic E-state index is 10.6. The van der Waals surface area contributed by atoms with Crippen molar-refractivity contribution in [2.24, 2.45) is 0 Å². The summed E-state index contributed by atoms with van der Waals surface area (Å²) in [7, 11) is 0. The Hall–Kier alpha value is -0.730. The summed E-state index contributed by atoms with van der Waals surface area (Å²) < 4.78 is 21.8. The number of rotatable bonds is 1. The summed E-state index contributed by atoms with van der Waals surface area (Å²) in [6.45, 7) is 0. The van der Waals surface area contributed by atoms with Crippen LogP contribution in [-0.2, 0) is 0 Å². The number of aromatic carboxylic acids is 1. The molecule has 0 bridgehead atoms. The van der Waals surface area contributed by atoms with Crippen molar-refractivity contribution < 1.29 is 14.0 Å². The maximum absolute atomic E-state index is 10.6. The van der Waals surface area contributed by atoms with Gasteiger partial charge in [0, 0.05) is 5.02 Å². The van der Waals surface area contributed by atoms with Gasteiger partial charge in [0.1, 0.15) is 0 Å². The van der Waals surface area contributed by atoms with Crippen molar-refractivity contribution in [3.63, 3.8) is 0 Å². The smallest absolute Gasteiger partial charge is 0.337 e. The van der Waals surface area contributed by atoms with Crippen LogP contribution >= 0.6 is 23.2 Å². The van der Waals surface area contributed by atoms with E-state index in [1.54, 1.807) is 0 Å². The molecule has 0 radical (unpaired) electrons. The second-order valence-electron chi connectivity index (χ2n) is 1.68. The molecule has 0 aliphatic rings. The van der Waals surface area contributed by atoms with E-state index in [2.05, 4.69) is 0 Å². The quantitative estimate of drug-likeness (QED) is 0.745. The number of carbonyl (C=O) groups is 1. The third-order valence-corrected chi connectivity index (χ3v) is 1.42. The van der Waals surface area contributed by atoms with Crippen LogP contribution in [0, 0.1) is 0 Å². The zero-order valence-electron chi connectivity index (χ0n) is 8.11. The topological polar surface area (TPSA) is 37.3 Å². The molecule has 0 aromatic heterocycles. The molecule has 0 aliphatic carbocycles. The van der Waals surface area contributed by atoms with Crippen LogP contribution in [0.3, 0.4) is 0 Å². The number of hydrogen-bond donors (Lipinski definition) is 1. The Labute approximate surface area is 77.6 Å². The van der Waals surface area contributed by atoms with Crippen molar-refractivity contribution in [3.8, 4) is 0 Å². The van der Waals surface area contributed by atoms with Gasteiger partial charge in [-0.1, -0.05) is 23.2 Å². The average Bonchev–Trinajstić information content (AvgIpc) is 2.11. The molecule has 1 rings (SSSR count). The van der Waals surface area contributed by atoms with Crippen LogP contribution in [0.2, 0.25) is 10.0 Å². The van der Waals surface area contributed by atoms with Gasteiger partial charge >= 0.3 is 5.97 Å². The molecule has 2 nitrogen and oxygen atoms in total. The molecule has 4 heteroatoms. The Kier molecular flexibility index (Phi) is 1.42. The van der Waals surface area contributed by atoms with Gasteiger partial charge in [-0.2, -0.15) is 0 Å². The lowest BCUT2D eigenvalue weighted by molar-refractivity contribution is 0.0697. The Balaban J connectivity index is 3.68. The van der Waals surface area contributed by atoms with Crippen LogP contribution in [0.15, 0.2) is 18.1 Å². The fraction of sp³-hybridized carbons (Fsp3) is 0. The van der Waals surface area contributed by atoms with Gasteiger partial charge in [0.25, 0.3) is 0 Å². The molecule has 0 unspecified atom stereocenters. The molecule has 0 spiro atoms. The minimum absolute atomic E-state index is 0.315. The van der Waals surface area contributed by atoms with Gasteiger partial charge in [-0.3, -0.25) is 0 Å². The zero-order chi connectivity index (χ0) is 11.0.